The molecule has 0 bridgehead atoms. The Morgan fingerprint density at radius 1 is 0.742 bits per heavy atom. The molecule has 2 atom stereocenters. The van der Waals surface area contributed by atoms with Crippen molar-refractivity contribution in [3.05, 3.63) is 25.3 Å². The van der Waals surface area contributed by atoms with E-state index in [-0.39, 0.29) is 36.6 Å². The van der Waals surface area contributed by atoms with E-state index >= 15 is 0 Å². The van der Waals surface area contributed by atoms with Crippen LogP contribution in [-0.4, -0.2) is 47.6 Å². The van der Waals surface area contributed by atoms with E-state index in [0.29, 0.717) is 31.5 Å². The number of aliphatic hydroxyl groups is 2. The Balaban J connectivity index is 1.49. The minimum Gasteiger partial charge on any atom is -0.465 e. The lowest BCUT2D eigenvalue weighted by atomic mass is 9.80. The molecule has 0 radical (unpaired) electrons. The molecule has 0 aromatic carbocycles. The van der Waals surface area contributed by atoms with Crippen molar-refractivity contribution in [2.75, 3.05) is 13.2 Å². The van der Waals surface area contributed by atoms with Crippen molar-refractivity contribution in [3.63, 3.8) is 0 Å². The Labute approximate surface area is 186 Å². The summed E-state index contributed by atoms with van der Waals surface area (Å²) >= 11 is 0. The van der Waals surface area contributed by atoms with Crippen LogP contribution in [-0.2, 0) is 19.1 Å². The maximum absolute atomic E-state index is 11.9. The van der Waals surface area contributed by atoms with Crippen LogP contribution in [0.1, 0.15) is 70.6 Å². The molecular weight excluding hydrogens is 396 g/mol. The summed E-state index contributed by atoms with van der Waals surface area (Å²) in [6.45, 7) is 8.12. The molecule has 2 N–H and O–H groups in total. The molecule has 176 valence electrons. The minimum absolute atomic E-state index is 0.226. The smallest absolute Gasteiger partial charge is 0.305 e. The fraction of sp³-hybridized carbons (Fsp3) is 0.760. The third-order valence-electron chi connectivity index (χ3n) is 6.95. The normalized spacial score (nSPS) is 28.2. The molecule has 0 aromatic heterocycles. The number of carbonyl (C=O) groups excluding carboxylic acids is 2. The quantitative estimate of drug-likeness (QED) is 0.355. The van der Waals surface area contributed by atoms with E-state index in [1.165, 1.54) is 0 Å². The molecule has 0 aliphatic heterocycles. The topological polar surface area (TPSA) is 93.1 Å². The van der Waals surface area contributed by atoms with Gasteiger partial charge in [-0.3, -0.25) is 9.59 Å². The SMILES string of the molecule is C=CC(O)C1CCC(COC(=O)CCCC(=O)OCC2CCC(C(O)C=C)CC2)CC1. The van der Waals surface area contributed by atoms with Gasteiger partial charge in [-0.05, 0) is 81.5 Å². The van der Waals surface area contributed by atoms with E-state index in [1.54, 1.807) is 12.2 Å². The standard InChI is InChI=1S/C25H40O6/c1-3-22(26)20-12-8-18(9-13-20)16-30-24(28)6-5-7-25(29)31-17-19-10-14-21(15-11-19)23(27)4-2/h3-4,18-23,26-27H,1-2,5-17H2. The predicted molar refractivity (Wildman–Crippen MR) is 119 cm³/mol. The van der Waals surface area contributed by atoms with Gasteiger partial charge in [0.2, 0.25) is 0 Å². The molecule has 2 rings (SSSR count). The minimum atomic E-state index is -0.441. The summed E-state index contributed by atoms with van der Waals surface area (Å²) in [7, 11) is 0. The molecule has 2 unspecified atom stereocenters. The Morgan fingerprint density at radius 2 is 1.10 bits per heavy atom. The van der Waals surface area contributed by atoms with Gasteiger partial charge in [0.25, 0.3) is 0 Å². The van der Waals surface area contributed by atoms with Gasteiger partial charge in [0.15, 0.2) is 0 Å². The monoisotopic (exact) mass is 436 g/mol. The van der Waals surface area contributed by atoms with Gasteiger partial charge in [0.1, 0.15) is 0 Å². The average molecular weight is 437 g/mol. The van der Waals surface area contributed by atoms with Crippen molar-refractivity contribution in [2.45, 2.75) is 82.8 Å². The first-order chi connectivity index (χ1) is 14.9. The van der Waals surface area contributed by atoms with Gasteiger partial charge in [-0.2, -0.15) is 0 Å². The maximum atomic E-state index is 11.9. The van der Waals surface area contributed by atoms with Gasteiger partial charge in [-0.25, -0.2) is 0 Å². The summed E-state index contributed by atoms with van der Waals surface area (Å²) in [5, 5.41) is 19.7. The fourth-order valence-corrected chi connectivity index (χ4v) is 4.72. The Kier molecular flexibility index (Phi) is 11.3. The molecule has 2 aliphatic rings. The summed E-state index contributed by atoms with van der Waals surface area (Å²) in [5.41, 5.74) is 0. The fourth-order valence-electron chi connectivity index (χ4n) is 4.72. The van der Waals surface area contributed by atoms with Crippen molar-refractivity contribution in [2.24, 2.45) is 23.7 Å². The number of hydrogen-bond acceptors (Lipinski definition) is 6. The van der Waals surface area contributed by atoms with E-state index in [0.717, 1.165) is 51.4 Å². The van der Waals surface area contributed by atoms with Crippen molar-refractivity contribution in [1.82, 2.24) is 0 Å². The summed E-state index contributed by atoms with van der Waals surface area (Å²) in [4.78, 5) is 23.9. The van der Waals surface area contributed by atoms with E-state index in [9.17, 15) is 19.8 Å². The molecular formula is C25H40O6. The van der Waals surface area contributed by atoms with E-state index in [1.807, 2.05) is 0 Å². The van der Waals surface area contributed by atoms with Crippen LogP contribution in [0.2, 0.25) is 0 Å². The number of aliphatic hydroxyl groups excluding tert-OH is 2. The lowest BCUT2D eigenvalue weighted by Gasteiger charge is -2.30. The second kappa shape index (κ2) is 13.7. The van der Waals surface area contributed by atoms with E-state index < -0.39 is 12.2 Å². The zero-order valence-corrected chi connectivity index (χ0v) is 18.8. The second-order valence-corrected chi connectivity index (χ2v) is 9.23. The lowest BCUT2D eigenvalue weighted by molar-refractivity contribution is -0.147. The molecule has 2 fully saturated rings. The number of ether oxygens (including phenoxy) is 2. The molecule has 31 heavy (non-hydrogen) atoms. The average Bonchev–Trinajstić information content (AvgIpc) is 2.81. The molecule has 0 aromatic rings. The third kappa shape index (κ3) is 9.16. The van der Waals surface area contributed by atoms with Gasteiger partial charge in [-0.15, -0.1) is 13.2 Å². The number of hydrogen-bond donors (Lipinski definition) is 2. The molecule has 0 amide bonds. The molecule has 0 spiro atoms. The van der Waals surface area contributed by atoms with E-state index in [2.05, 4.69) is 13.2 Å². The Hall–Kier alpha value is -1.66. The van der Waals surface area contributed by atoms with E-state index in [4.69, 9.17) is 9.47 Å². The van der Waals surface area contributed by atoms with Gasteiger partial charge in [-0.1, -0.05) is 12.2 Å². The van der Waals surface area contributed by atoms with Crippen LogP contribution in [0.25, 0.3) is 0 Å². The third-order valence-corrected chi connectivity index (χ3v) is 6.95. The van der Waals surface area contributed by atoms with Crippen molar-refractivity contribution in [3.8, 4) is 0 Å². The summed E-state index contributed by atoms with van der Waals surface area (Å²) < 4.78 is 10.8. The highest BCUT2D eigenvalue weighted by Gasteiger charge is 2.27. The van der Waals surface area contributed by atoms with Crippen molar-refractivity contribution >= 4 is 11.9 Å². The van der Waals surface area contributed by atoms with Gasteiger partial charge in [0, 0.05) is 12.8 Å². The number of carbonyl (C=O) groups is 2. The molecule has 2 saturated carbocycles. The van der Waals surface area contributed by atoms with Gasteiger partial charge in [0.05, 0.1) is 25.4 Å². The summed E-state index contributed by atoms with van der Waals surface area (Å²) in [6.07, 6.45) is 10.7. The molecule has 6 heteroatoms. The molecule has 0 saturated heterocycles. The van der Waals surface area contributed by atoms with Gasteiger partial charge >= 0.3 is 11.9 Å². The van der Waals surface area contributed by atoms with Crippen LogP contribution in [0.3, 0.4) is 0 Å². The van der Waals surface area contributed by atoms with Crippen molar-refractivity contribution in [1.29, 1.82) is 0 Å². The first-order valence-corrected chi connectivity index (χ1v) is 11.8. The van der Waals surface area contributed by atoms with Crippen LogP contribution in [0.5, 0.6) is 0 Å². The van der Waals surface area contributed by atoms with Crippen LogP contribution < -0.4 is 0 Å². The Morgan fingerprint density at radius 3 is 1.42 bits per heavy atom. The summed E-state index contributed by atoms with van der Waals surface area (Å²) in [6, 6.07) is 0. The first kappa shape index (κ1) is 25.6. The highest BCUT2D eigenvalue weighted by Crippen LogP contribution is 2.32. The van der Waals surface area contributed by atoms with Gasteiger partial charge < -0.3 is 19.7 Å². The van der Waals surface area contributed by atoms with Crippen LogP contribution in [0.4, 0.5) is 0 Å². The second-order valence-electron chi connectivity index (χ2n) is 9.23. The zero-order chi connectivity index (χ0) is 22.6. The molecule has 0 heterocycles. The van der Waals surface area contributed by atoms with Crippen LogP contribution in [0, 0.1) is 23.7 Å². The zero-order valence-electron chi connectivity index (χ0n) is 18.8. The molecule has 2 aliphatic carbocycles. The molecule has 6 nitrogen and oxygen atoms in total. The number of rotatable bonds is 12. The largest absolute Gasteiger partial charge is 0.465 e. The predicted octanol–water partition coefficient (Wildman–Crippen LogP) is 3.95. The number of esters is 2. The maximum Gasteiger partial charge on any atom is 0.305 e. The van der Waals surface area contributed by atoms with Crippen LogP contribution in [0.15, 0.2) is 25.3 Å². The van der Waals surface area contributed by atoms with Crippen molar-refractivity contribution < 1.29 is 29.3 Å². The Bertz CT molecular complexity index is 523. The summed E-state index contributed by atoms with van der Waals surface area (Å²) in [5.74, 6) is 0.712. The van der Waals surface area contributed by atoms with Crippen LogP contribution >= 0.6 is 0 Å². The highest BCUT2D eigenvalue weighted by atomic mass is 16.5. The highest BCUT2D eigenvalue weighted by molar-refractivity contribution is 5.72. The lowest BCUT2D eigenvalue weighted by Crippen LogP contribution is -2.26. The first-order valence-electron chi connectivity index (χ1n) is 11.8.